The normalized spacial score (nSPS) is 13.2. The van der Waals surface area contributed by atoms with Crippen LogP contribution in [0, 0.1) is 5.82 Å². The molecule has 0 saturated carbocycles. The van der Waals surface area contributed by atoms with Gasteiger partial charge in [0.25, 0.3) is 0 Å². The Morgan fingerprint density at radius 2 is 1.88 bits per heavy atom. The van der Waals surface area contributed by atoms with Crippen LogP contribution in [0.1, 0.15) is 0 Å². The summed E-state index contributed by atoms with van der Waals surface area (Å²) < 4.78 is 22.9. The fourth-order valence-corrected chi connectivity index (χ4v) is 3.11. The van der Waals surface area contributed by atoms with E-state index in [0.717, 1.165) is 40.5 Å². The summed E-state index contributed by atoms with van der Waals surface area (Å²) in [5, 5.41) is 4.68. The summed E-state index contributed by atoms with van der Waals surface area (Å²) in [5.74, 6) is 0.497. The Kier molecular flexibility index (Phi) is 2.73. The second-order valence-corrected chi connectivity index (χ2v) is 5.72. The molecule has 1 aliphatic rings. The van der Waals surface area contributed by atoms with Gasteiger partial charge in [0, 0.05) is 29.7 Å². The minimum atomic E-state index is -0.261. The molecule has 0 spiro atoms. The van der Waals surface area contributed by atoms with Crippen molar-refractivity contribution in [2.45, 2.75) is 6.54 Å². The molecule has 0 amide bonds. The van der Waals surface area contributed by atoms with Crippen LogP contribution in [0.2, 0.25) is 0 Å². The highest BCUT2D eigenvalue weighted by Gasteiger charge is 2.25. The first-order valence-electron chi connectivity index (χ1n) is 7.72. The molecule has 0 atom stereocenters. The van der Waals surface area contributed by atoms with Gasteiger partial charge in [0.1, 0.15) is 23.8 Å². The van der Waals surface area contributed by atoms with Crippen molar-refractivity contribution in [1.29, 1.82) is 0 Å². The van der Waals surface area contributed by atoms with E-state index >= 15 is 0 Å². The van der Waals surface area contributed by atoms with Crippen molar-refractivity contribution in [2.75, 3.05) is 6.61 Å². The fraction of sp³-hybridized carbons (Fsp3) is 0.111. The maximum absolute atomic E-state index is 13.3. The van der Waals surface area contributed by atoms with Gasteiger partial charge in [-0.05, 0) is 36.4 Å². The third kappa shape index (κ3) is 1.93. The van der Waals surface area contributed by atoms with E-state index in [1.807, 2.05) is 33.6 Å². The van der Waals surface area contributed by atoms with Crippen LogP contribution in [0.15, 0.2) is 55.0 Å². The summed E-state index contributed by atoms with van der Waals surface area (Å²) >= 11 is 0. The average Bonchev–Trinajstić information content (AvgIpc) is 3.29. The maximum Gasteiger partial charge on any atom is 0.220 e. The number of pyridine rings is 1. The highest BCUT2D eigenvalue weighted by atomic mass is 19.1. The molecule has 4 heterocycles. The Morgan fingerprint density at radius 3 is 2.75 bits per heavy atom. The van der Waals surface area contributed by atoms with E-state index in [1.165, 1.54) is 12.1 Å². The molecule has 0 unspecified atom stereocenters. The fourth-order valence-electron chi connectivity index (χ4n) is 3.11. The zero-order valence-electron chi connectivity index (χ0n) is 12.7. The van der Waals surface area contributed by atoms with Crippen LogP contribution in [0.4, 0.5) is 4.39 Å². The van der Waals surface area contributed by atoms with E-state index in [4.69, 9.17) is 4.74 Å². The molecule has 1 aliphatic heterocycles. The van der Waals surface area contributed by atoms with Crippen molar-refractivity contribution in [2.24, 2.45) is 0 Å². The Balaban J connectivity index is 1.75. The largest absolute Gasteiger partial charge is 0.475 e. The van der Waals surface area contributed by atoms with Crippen molar-refractivity contribution in [3.8, 4) is 28.3 Å². The molecular formula is C18H13FN4O. The first kappa shape index (κ1) is 13.3. The van der Waals surface area contributed by atoms with Crippen LogP contribution in [-0.2, 0) is 6.54 Å². The maximum atomic E-state index is 13.3. The predicted molar refractivity (Wildman–Crippen MR) is 87.3 cm³/mol. The number of nitrogens with zero attached hydrogens (tertiary/aromatic N) is 4. The van der Waals surface area contributed by atoms with Gasteiger partial charge in [0.2, 0.25) is 5.88 Å². The molecule has 24 heavy (non-hydrogen) atoms. The number of halogens is 1. The van der Waals surface area contributed by atoms with Crippen LogP contribution in [-0.4, -0.2) is 25.8 Å². The van der Waals surface area contributed by atoms with Gasteiger partial charge in [0.05, 0.1) is 12.1 Å². The lowest BCUT2D eigenvalue weighted by Crippen LogP contribution is -1.96. The van der Waals surface area contributed by atoms with Gasteiger partial charge in [-0.1, -0.05) is 0 Å². The first-order chi connectivity index (χ1) is 11.8. The highest BCUT2D eigenvalue weighted by Crippen LogP contribution is 2.40. The van der Waals surface area contributed by atoms with E-state index < -0.39 is 0 Å². The summed E-state index contributed by atoms with van der Waals surface area (Å²) in [6.45, 7) is 1.34. The summed E-state index contributed by atoms with van der Waals surface area (Å²) in [4.78, 5) is 4.27. The summed E-state index contributed by atoms with van der Waals surface area (Å²) in [6, 6.07) is 10.4. The summed E-state index contributed by atoms with van der Waals surface area (Å²) in [5.41, 5.74) is 4.45. The Bertz CT molecular complexity index is 1050. The van der Waals surface area contributed by atoms with Gasteiger partial charge in [-0.15, -0.1) is 0 Å². The van der Waals surface area contributed by atoms with Crippen LogP contribution in [0.25, 0.3) is 28.0 Å². The highest BCUT2D eigenvalue weighted by molar-refractivity contribution is 5.85. The van der Waals surface area contributed by atoms with E-state index in [1.54, 1.807) is 18.3 Å². The van der Waals surface area contributed by atoms with Crippen LogP contribution >= 0.6 is 0 Å². The minimum absolute atomic E-state index is 0.261. The number of rotatable bonds is 2. The molecule has 5 nitrogen and oxygen atoms in total. The molecule has 5 rings (SSSR count). The molecule has 0 N–H and O–H groups in total. The van der Waals surface area contributed by atoms with E-state index in [0.29, 0.717) is 6.61 Å². The number of aromatic nitrogens is 4. The number of hydrogen-bond acceptors (Lipinski definition) is 3. The minimum Gasteiger partial charge on any atom is -0.475 e. The van der Waals surface area contributed by atoms with Crippen molar-refractivity contribution >= 4 is 5.65 Å². The molecule has 1 aromatic carbocycles. The lowest BCUT2D eigenvalue weighted by atomic mass is 10.0. The van der Waals surface area contributed by atoms with Gasteiger partial charge in [0.15, 0.2) is 0 Å². The van der Waals surface area contributed by atoms with Crippen LogP contribution < -0.4 is 4.74 Å². The topological polar surface area (TPSA) is 44.4 Å². The number of ether oxygens (including phenoxy) is 1. The van der Waals surface area contributed by atoms with Gasteiger partial charge in [-0.25, -0.2) is 14.1 Å². The lowest BCUT2D eigenvalue weighted by Gasteiger charge is -2.06. The Morgan fingerprint density at radius 1 is 1.04 bits per heavy atom. The number of hydrogen-bond donors (Lipinski definition) is 0. The van der Waals surface area contributed by atoms with Gasteiger partial charge >= 0.3 is 0 Å². The number of fused-ring (bicyclic) bond motifs is 2. The lowest BCUT2D eigenvalue weighted by molar-refractivity contribution is 0.358. The smallest absolute Gasteiger partial charge is 0.220 e. The summed E-state index contributed by atoms with van der Waals surface area (Å²) in [7, 11) is 0. The molecule has 3 aromatic heterocycles. The molecule has 0 fully saturated rings. The molecule has 0 bridgehead atoms. The van der Waals surface area contributed by atoms with Crippen molar-refractivity contribution in [3.05, 3.63) is 60.8 Å². The van der Waals surface area contributed by atoms with E-state index in [-0.39, 0.29) is 5.82 Å². The number of imidazole rings is 1. The van der Waals surface area contributed by atoms with Gasteiger partial charge < -0.3 is 9.14 Å². The molecule has 0 radical (unpaired) electrons. The van der Waals surface area contributed by atoms with Crippen LogP contribution in [0.3, 0.4) is 0 Å². The van der Waals surface area contributed by atoms with Crippen LogP contribution in [0.5, 0.6) is 5.88 Å². The molecule has 0 aliphatic carbocycles. The third-order valence-electron chi connectivity index (χ3n) is 4.24. The molecule has 118 valence electrons. The van der Waals surface area contributed by atoms with E-state index in [9.17, 15) is 4.39 Å². The molecule has 0 saturated heterocycles. The predicted octanol–water partition coefficient (Wildman–Crippen LogP) is 3.40. The molecule has 4 aromatic rings. The SMILES string of the molecule is Fc1ccc(-c2nn3c(c2-c2ccc4nccn4c2)OCC3)cc1. The number of benzene rings is 1. The molecular weight excluding hydrogens is 307 g/mol. The van der Waals surface area contributed by atoms with Crippen molar-refractivity contribution in [1.82, 2.24) is 19.2 Å². The van der Waals surface area contributed by atoms with Gasteiger partial charge in [-0.3, -0.25) is 0 Å². The van der Waals surface area contributed by atoms with Crippen molar-refractivity contribution < 1.29 is 9.13 Å². The molecule has 6 heteroatoms. The van der Waals surface area contributed by atoms with Crippen molar-refractivity contribution in [3.63, 3.8) is 0 Å². The Hall–Kier alpha value is -3.15. The average molecular weight is 320 g/mol. The standard InChI is InChI=1S/C18H13FN4O/c19-14-4-1-12(2-5-14)17-16(18-23(21-17)9-10-24-18)13-3-6-15-20-7-8-22(15)11-13/h1-8,11H,9-10H2. The third-order valence-corrected chi connectivity index (χ3v) is 4.24. The van der Waals surface area contributed by atoms with E-state index in [2.05, 4.69) is 10.1 Å². The zero-order chi connectivity index (χ0) is 16.1. The summed E-state index contributed by atoms with van der Waals surface area (Å²) in [6.07, 6.45) is 5.68. The monoisotopic (exact) mass is 320 g/mol. The van der Waals surface area contributed by atoms with Gasteiger partial charge in [-0.2, -0.15) is 5.10 Å². The Labute approximate surface area is 136 Å². The quantitative estimate of drug-likeness (QED) is 0.568. The second kappa shape index (κ2) is 4.92. The zero-order valence-corrected chi connectivity index (χ0v) is 12.7. The second-order valence-electron chi connectivity index (χ2n) is 5.72. The first-order valence-corrected chi connectivity index (χ1v) is 7.72.